The number of fused-ring (bicyclic) bond motifs is 2. The molecule has 23 heavy (non-hydrogen) atoms. The number of aryl methyl sites for hydroxylation is 1. The van der Waals surface area contributed by atoms with Gasteiger partial charge in [0.2, 0.25) is 0 Å². The van der Waals surface area contributed by atoms with Crippen molar-refractivity contribution >= 4 is 34.3 Å². The molecule has 1 aliphatic rings. The van der Waals surface area contributed by atoms with Crippen LogP contribution in [-0.2, 0) is 11.3 Å². The first-order valence-electron chi connectivity index (χ1n) is 7.45. The second kappa shape index (κ2) is 5.05. The van der Waals surface area contributed by atoms with E-state index in [0.717, 1.165) is 17.6 Å². The number of halogens is 1. The highest BCUT2D eigenvalue weighted by molar-refractivity contribution is 6.34. The fraction of sp³-hybridized carbons (Fsp3) is 0.111. The standard InChI is InChI=1S/C18H14FN3O/c1-2-22-16-6-4-3-5-15(16)20-17(22)10-13-12-9-11(19)7-8-14(12)21-18(13)23/h3-10H,2H2,1H3,(H,21,23)/b13-10+. The summed E-state index contributed by atoms with van der Waals surface area (Å²) in [5, 5.41) is 2.76. The van der Waals surface area contributed by atoms with Crippen LogP contribution < -0.4 is 5.32 Å². The molecule has 1 aromatic heterocycles. The molecule has 1 amide bonds. The van der Waals surface area contributed by atoms with Crippen LogP contribution in [0.4, 0.5) is 10.1 Å². The predicted octanol–water partition coefficient (Wildman–Crippen LogP) is 3.69. The fourth-order valence-electron chi connectivity index (χ4n) is 2.97. The molecule has 0 aliphatic carbocycles. The average molecular weight is 307 g/mol. The van der Waals surface area contributed by atoms with Crippen molar-refractivity contribution in [3.05, 3.63) is 59.7 Å². The van der Waals surface area contributed by atoms with Crippen molar-refractivity contribution in [2.75, 3.05) is 5.32 Å². The number of aromatic nitrogens is 2. The van der Waals surface area contributed by atoms with Crippen molar-refractivity contribution in [1.29, 1.82) is 0 Å². The highest BCUT2D eigenvalue weighted by Crippen LogP contribution is 2.33. The fourth-order valence-corrected chi connectivity index (χ4v) is 2.97. The highest BCUT2D eigenvalue weighted by atomic mass is 19.1. The third-order valence-electron chi connectivity index (χ3n) is 4.04. The lowest BCUT2D eigenvalue weighted by molar-refractivity contribution is -0.110. The van der Waals surface area contributed by atoms with Gasteiger partial charge in [0.05, 0.1) is 16.6 Å². The van der Waals surface area contributed by atoms with Crippen LogP contribution in [-0.4, -0.2) is 15.5 Å². The van der Waals surface area contributed by atoms with E-state index in [-0.39, 0.29) is 11.7 Å². The number of amides is 1. The summed E-state index contributed by atoms with van der Waals surface area (Å²) in [6.07, 6.45) is 1.73. The van der Waals surface area contributed by atoms with E-state index < -0.39 is 0 Å². The Kier molecular flexibility index (Phi) is 3.01. The molecule has 114 valence electrons. The monoisotopic (exact) mass is 307 g/mol. The second-order valence-electron chi connectivity index (χ2n) is 5.41. The first kappa shape index (κ1) is 13.7. The van der Waals surface area contributed by atoms with E-state index in [0.29, 0.717) is 22.6 Å². The van der Waals surface area contributed by atoms with Crippen molar-refractivity contribution in [3.63, 3.8) is 0 Å². The molecule has 4 rings (SSSR count). The maximum Gasteiger partial charge on any atom is 0.256 e. The number of nitrogens with one attached hydrogen (secondary N) is 1. The Morgan fingerprint density at radius 2 is 2.09 bits per heavy atom. The highest BCUT2D eigenvalue weighted by Gasteiger charge is 2.25. The molecule has 0 unspecified atom stereocenters. The lowest BCUT2D eigenvalue weighted by Gasteiger charge is -2.03. The maximum absolute atomic E-state index is 13.5. The Balaban J connectivity index is 1.92. The number of benzene rings is 2. The Labute approximate surface area is 132 Å². The third-order valence-corrected chi connectivity index (χ3v) is 4.04. The predicted molar refractivity (Wildman–Crippen MR) is 88.3 cm³/mol. The van der Waals surface area contributed by atoms with E-state index in [1.165, 1.54) is 12.1 Å². The van der Waals surface area contributed by atoms with Gasteiger partial charge in [-0.3, -0.25) is 4.79 Å². The van der Waals surface area contributed by atoms with Gasteiger partial charge in [0.1, 0.15) is 11.6 Å². The molecule has 0 atom stereocenters. The molecule has 0 radical (unpaired) electrons. The average Bonchev–Trinajstić information content (AvgIpc) is 3.05. The van der Waals surface area contributed by atoms with Crippen LogP contribution in [0.5, 0.6) is 0 Å². The summed E-state index contributed by atoms with van der Waals surface area (Å²) in [6.45, 7) is 2.76. The number of para-hydroxylation sites is 2. The van der Waals surface area contributed by atoms with Gasteiger partial charge in [0.15, 0.2) is 0 Å². The molecule has 0 fully saturated rings. The summed E-state index contributed by atoms with van der Waals surface area (Å²) in [4.78, 5) is 16.8. The Morgan fingerprint density at radius 1 is 1.26 bits per heavy atom. The lowest BCUT2D eigenvalue weighted by Crippen LogP contribution is -2.04. The zero-order chi connectivity index (χ0) is 16.0. The molecule has 0 saturated carbocycles. The number of anilines is 1. The summed E-state index contributed by atoms with van der Waals surface area (Å²) in [5.41, 5.74) is 3.52. The molecule has 1 N–H and O–H groups in total. The number of hydrogen-bond donors (Lipinski definition) is 1. The van der Waals surface area contributed by atoms with Crippen LogP contribution in [0.25, 0.3) is 22.7 Å². The van der Waals surface area contributed by atoms with Crippen molar-refractivity contribution < 1.29 is 9.18 Å². The van der Waals surface area contributed by atoms with Gasteiger partial charge in [0.25, 0.3) is 5.91 Å². The molecule has 2 aromatic carbocycles. The Bertz CT molecular complexity index is 972. The van der Waals surface area contributed by atoms with Crippen LogP contribution in [0.1, 0.15) is 18.3 Å². The molecule has 0 spiro atoms. The largest absolute Gasteiger partial charge is 0.325 e. The summed E-state index contributed by atoms with van der Waals surface area (Å²) >= 11 is 0. The summed E-state index contributed by atoms with van der Waals surface area (Å²) in [5.74, 6) is 0.0893. The van der Waals surface area contributed by atoms with E-state index >= 15 is 0 Å². The maximum atomic E-state index is 13.5. The lowest BCUT2D eigenvalue weighted by atomic mass is 10.1. The Hall–Kier alpha value is -2.95. The van der Waals surface area contributed by atoms with Crippen LogP contribution in [0.2, 0.25) is 0 Å². The van der Waals surface area contributed by atoms with E-state index in [4.69, 9.17) is 0 Å². The van der Waals surface area contributed by atoms with E-state index in [1.54, 1.807) is 12.1 Å². The van der Waals surface area contributed by atoms with Crippen molar-refractivity contribution in [3.8, 4) is 0 Å². The van der Waals surface area contributed by atoms with E-state index in [9.17, 15) is 9.18 Å². The zero-order valence-electron chi connectivity index (χ0n) is 12.5. The van der Waals surface area contributed by atoms with Crippen molar-refractivity contribution in [2.45, 2.75) is 13.5 Å². The van der Waals surface area contributed by atoms with Gasteiger partial charge in [-0.05, 0) is 43.3 Å². The minimum absolute atomic E-state index is 0.236. The smallest absolute Gasteiger partial charge is 0.256 e. The summed E-state index contributed by atoms with van der Waals surface area (Å²) in [7, 11) is 0. The minimum Gasteiger partial charge on any atom is -0.325 e. The summed E-state index contributed by atoms with van der Waals surface area (Å²) in [6, 6.07) is 12.1. The van der Waals surface area contributed by atoms with Gasteiger partial charge in [-0.15, -0.1) is 0 Å². The number of rotatable bonds is 2. The topological polar surface area (TPSA) is 46.9 Å². The van der Waals surface area contributed by atoms with Gasteiger partial charge in [-0.25, -0.2) is 9.37 Å². The third kappa shape index (κ3) is 2.12. The number of imidazole rings is 1. The molecule has 0 saturated heterocycles. The molecule has 5 heteroatoms. The number of nitrogens with zero attached hydrogens (tertiary/aromatic N) is 2. The van der Waals surface area contributed by atoms with Crippen LogP contribution in [0.15, 0.2) is 42.5 Å². The molecule has 4 nitrogen and oxygen atoms in total. The molecular formula is C18H14FN3O. The van der Waals surface area contributed by atoms with E-state index in [1.807, 2.05) is 35.8 Å². The van der Waals surface area contributed by atoms with Crippen molar-refractivity contribution in [2.24, 2.45) is 0 Å². The SMILES string of the molecule is CCn1c(/C=C2/C(=O)Nc3ccc(F)cc32)nc2ccccc21. The zero-order valence-corrected chi connectivity index (χ0v) is 12.5. The van der Waals surface area contributed by atoms with Gasteiger partial charge >= 0.3 is 0 Å². The second-order valence-corrected chi connectivity index (χ2v) is 5.41. The molecule has 1 aliphatic heterocycles. The minimum atomic E-state index is -0.366. The van der Waals surface area contributed by atoms with Gasteiger partial charge < -0.3 is 9.88 Å². The Morgan fingerprint density at radius 3 is 2.91 bits per heavy atom. The summed E-state index contributed by atoms with van der Waals surface area (Å²) < 4.78 is 15.6. The van der Waals surface area contributed by atoms with Crippen LogP contribution >= 0.6 is 0 Å². The first-order chi connectivity index (χ1) is 11.2. The molecule has 3 aromatic rings. The van der Waals surface area contributed by atoms with Crippen LogP contribution in [0, 0.1) is 5.82 Å². The van der Waals surface area contributed by atoms with Crippen molar-refractivity contribution in [1.82, 2.24) is 9.55 Å². The van der Waals surface area contributed by atoms with E-state index in [2.05, 4.69) is 10.3 Å². The molecular weight excluding hydrogens is 293 g/mol. The normalized spacial score (nSPS) is 15.2. The number of carbonyl (C=O) groups excluding carboxylic acids is 1. The van der Waals surface area contributed by atoms with Gasteiger partial charge in [-0.2, -0.15) is 0 Å². The molecule has 0 bridgehead atoms. The quantitative estimate of drug-likeness (QED) is 0.734. The number of hydrogen-bond acceptors (Lipinski definition) is 2. The van der Waals surface area contributed by atoms with Gasteiger partial charge in [-0.1, -0.05) is 12.1 Å². The van der Waals surface area contributed by atoms with Gasteiger partial charge in [0, 0.05) is 17.8 Å². The molecule has 2 heterocycles. The first-order valence-corrected chi connectivity index (χ1v) is 7.45. The number of carbonyl (C=O) groups is 1. The van der Waals surface area contributed by atoms with Crippen LogP contribution in [0.3, 0.4) is 0 Å².